The Balaban J connectivity index is 2.01. The van der Waals surface area contributed by atoms with E-state index < -0.39 is 23.9 Å². The summed E-state index contributed by atoms with van der Waals surface area (Å²) in [6.45, 7) is 4.27. The van der Waals surface area contributed by atoms with E-state index in [1.54, 1.807) is 17.8 Å². The summed E-state index contributed by atoms with van der Waals surface area (Å²) >= 11 is 6.91. The van der Waals surface area contributed by atoms with Gasteiger partial charge in [0.25, 0.3) is 18.2 Å². The Morgan fingerprint density at radius 2 is 2.00 bits per heavy atom. The number of nitrogens with two attached hydrogens (primary N) is 1. The highest BCUT2D eigenvalue weighted by Gasteiger charge is 2.27. The summed E-state index contributed by atoms with van der Waals surface area (Å²) in [6, 6.07) is 1.24. The molecule has 0 aliphatic heterocycles. The first-order valence-corrected chi connectivity index (χ1v) is 10.9. The van der Waals surface area contributed by atoms with Gasteiger partial charge in [-0.1, -0.05) is 11.6 Å². The largest absolute Gasteiger partial charge is 0.365 e. The molecule has 0 bridgehead atoms. The molecular formula is C20H18ClF2N7O2S. The lowest BCUT2D eigenvalue weighted by molar-refractivity contribution is 0.100. The van der Waals surface area contributed by atoms with Crippen molar-refractivity contribution in [2.75, 3.05) is 5.32 Å². The maximum Gasteiger partial charge on any atom is 0.280 e. The third-order valence-corrected chi connectivity index (χ3v) is 6.54. The molecule has 2 amide bonds. The third kappa shape index (κ3) is 3.85. The molecule has 0 unspecified atom stereocenters. The smallest absolute Gasteiger partial charge is 0.280 e. The number of primary amides is 1. The number of pyridine rings is 1. The first-order chi connectivity index (χ1) is 15.6. The van der Waals surface area contributed by atoms with E-state index >= 15 is 0 Å². The van der Waals surface area contributed by atoms with Gasteiger partial charge in [-0.15, -0.1) is 11.3 Å². The molecule has 33 heavy (non-hydrogen) atoms. The molecule has 0 saturated carbocycles. The Bertz CT molecular complexity index is 1390. The maximum atomic E-state index is 13.6. The highest BCUT2D eigenvalue weighted by molar-refractivity contribution is 7.21. The first-order valence-electron chi connectivity index (χ1n) is 9.71. The zero-order valence-electron chi connectivity index (χ0n) is 17.7. The van der Waals surface area contributed by atoms with E-state index in [9.17, 15) is 18.4 Å². The number of fused-ring (bicyclic) bond motifs is 1. The standard InChI is InChI=1S/C20H18ClF2N7O2S/c1-4-30-8(2)10(6-26-30)9-5-12(17(22)23)27-20-13(9)14(16(33-20)18(24)31)28-19(32)15-11(21)7-25-29(15)3/h5-7,17H,4H2,1-3H3,(H2,24,31)(H,28,32). The van der Waals surface area contributed by atoms with E-state index in [0.717, 1.165) is 17.0 Å². The average molecular weight is 494 g/mol. The van der Waals surface area contributed by atoms with Gasteiger partial charge >= 0.3 is 0 Å². The Hall–Kier alpha value is -3.38. The second-order valence-electron chi connectivity index (χ2n) is 7.12. The van der Waals surface area contributed by atoms with Gasteiger partial charge in [0.15, 0.2) is 0 Å². The highest BCUT2D eigenvalue weighted by atomic mass is 35.5. The predicted octanol–water partition coefficient (Wildman–Crippen LogP) is 4.16. The summed E-state index contributed by atoms with van der Waals surface area (Å²) in [5.41, 5.74) is 6.85. The number of nitrogens with zero attached hydrogens (tertiary/aromatic N) is 5. The van der Waals surface area contributed by atoms with Crippen molar-refractivity contribution in [1.82, 2.24) is 24.5 Å². The number of aryl methyl sites for hydroxylation is 2. The van der Waals surface area contributed by atoms with Crippen molar-refractivity contribution in [2.24, 2.45) is 12.8 Å². The molecule has 0 spiro atoms. The number of halogens is 3. The molecule has 0 atom stereocenters. The molecule has 4 aromatic heterocycles. The van der Waals surface area contributed by atoms with Crippen molar-refractivity contribution in [3.05, 3.63) is 45.4 Å². The van der Waals surface area contributed by atoms with Crippen LogP contribution in [0.5, 0.6) is 0 Å². The van der Waals surface area contributed by atoms with Crippen LogP contribution in [0.25, 0.3) is 21.3 Å². The molecule has 0 saturated heterocycles. The van der Waals surface area contributed by atoms with Gasteiger partial charge in [-0.25, -0.2) is 13.8 Å². The van der Waals surface area contributed by atoms with Crippen LogP contribution >= 0.6 is 22.9 Å². The maximum absolute atomic E-state index is 13.6. The number of amides is 2. The summed E-state index contributed by atoms with van der Waals surface area (Å²) in [5.74, 6) is -1.48. The quantitative estimate of drug-likeness (QED) is 0.417. The van der Waals surface area contributed by atoms with Crippen molar-refractivity contribution >= 4 is 50.7 Å². The van der Waals surface area contributed by atoms with Gasteiger partial charge < -0.3 is 11.1 Å². The second-order valence-corrected chi connectivity index (χ2v) is 8.53. The van der Waals surface area contributed by atoms with Crippen LogP contribution in [-0.2, 0) is 13.6 Å². The lowest BCUT2D eigenvalue weighted by atomic mass is 10.0. The predicted molar refractivity (Wildman–Crippen MR) is 121 cm³/mol. The van der Waals surface area contributed by atoms with E-state index in [2.05, 4.69) is 20.5 Å². The van der Waals surface area contributed by atoms with Crippen LogP contribution in [0.1, 0.15) is 44.9 Å². The van der Waals surface area contributed by atoms with Gasteiger partial charge in [0.05, 0.1) is 23.1 Å². The fourth-order valence-electron chi connectivity index (χ4n) is 3.60. The van der Waals surface area contributed by atoms with Crippen LogP contribution in [0.3, 0.4) is 0 Å². The number of carbonyl (C=O) groups excluding carboxylic acids is 2. The Morgan fingerprint density at radius 1 is 1.27 bits per heavy atom. The Kier molecular flexibility index (Phi) is 5.89. The monoisotopic (exact) mass is 493 g/mol. The lowest BCUT2D eigenvalue weighted by Crippen LogP contribution is -2.19. The molecule has 0 aromatic carbocycles. The molecule has 9 nitrogen and oxygen atoms in total. The molecular weight excluding hydrogens is 476 g/mol. The average Bonchev–Trinajstić information content (AvgIpc) is 3.42. The van der Waals surface area contributed by atoms with E-state index in [1.807, 2.05) is 6.92 Å². The Labute approximate surface area is 195 Å². The fourth-order valence-corrected chi connectivity index (χ4v) is 4.87. The van der Waals surface area contributed by atoms with Crippen molar-refractivity contribution in [3.63, 3.8) is 0 Å². The zero-order valence-corrected chi connectivity index (χ0v) is 19.3. The van der Waals surface area contributed by atoms with Crippen molar-refractivity contribution in [1.29, 1.82) is 0 Å². The van der Waals surface area contributed by atoms with E-state index in [0.29, 0.717) is 23.1 Å². The van der Waals surface area contributed by atoms with E-state index in [1.165, 1.54) is 24.0 Å². The number of carbonyl (C=O) groups is 2. The first kappa shape index (κ1) is 22.8. The number of anilines is 1. The molecule has 0 radical (unpaired) electrons. The fraction of sp³-hybridized carbons (Fsp3) is 0.250. The minimum atomic E-state index is -2.85. The topological polar surface area (TPSA) is 121 Å². The summed E-state index contributed by atoms with van der Waals surface area (Å²) in [6.07, 6.45) is 0.00965. The number of thiophene rings is 1. The molecule has 13 heteroatoms. The number of aromatic nitrogens is 5. The van der Waals surface area contributed by atoms with Crippen molar-refractivity contribution in [2.45, 2.75) is 26.8 Å². The summed E-state index contributed by atoms with van der Waals surface area (Å²) in [5, 5.41) is 11.3. The molecule has 4 aromatic rings. The molecule has 172 valence electrons. The van der Waals surface area contributed by atoms with Crippen LogP contribution in [0.4, 0.5) is 14.5 Å². The van der Waals surface area contributed by atoms with E-state index in [4.69, 9.17) is 17.3 Å². The molecule has 0 fully saturated rings. The molecule has 4 rings (SSSR count). The SMILES string of the molecule is CCn1ncc(-c2cc(C(F)F)nc3sc(C(N)=O)c(NC(=O)c4c(Cl)cnn4C)c23)c1C. The number of hydrogen-bond donors (Lipinski definition) is 2. The number of nitrogens with one attached hydrogen (secondary N) is 1. The molecule has 3 N–H and O–H groups in total. The Morgan fingerprint density at radius 3 is 2.55 bits per heavy atom. The molecule has 0 aliphatic rings. The van der Waals surface area contributed by atoms with Gasteiger partial charge in [0.2, 0.25) is 0 Å². The minimum Gasteiger partial charge on any atom is -0.365 e. The van der Waals surface area contributed by atoms with Gasteiger partial charge in [-0.2, -0.15) is 10.2 Å². The lowest BCUT2D eigenvalue weighted by Gasteiger charge is -2.11. The zero-order chi connectivity index (χ0) is 24.0. The summed E-state index contributed by atoms with van der Waals surface area (Å²) in [7, 11) is 1.53. The van der Waals surface area contributed by atoms with Gasteiger partial charge in [0.1, 0.15) is 21.1 Å². The van der Waals surface area contributed by atoms with Crippen LogP contribution in [-0.4, -0.2) is 36.4 Å². The van der Waals surface area contributed by atoms with Crippen LogP contribution in [0, 0.1) is 6.92 Å². The van der Waals surface area contributed by atoms with Crippen LogP contribution in [0.2, 0.25) is 5.02 Å². The van der Waals surface area contributed by atoms with E-state index in [-0.39, 0.29) is 26.1 Å². The highest BCUT2D eigenvalue weighted by Crippen LogP contribution is 2.43. The molecule has 0 aliphatic carbocycles. The van der Waals surface area contributed by atoms with Crippen LogP contribution in [0.15, 0.2) is 18.5 Å². The third-order valence-electron chi connectivity index (χ3n) is 5.17. The normalized spacial score (nSPS) is 11.5. The van der Waals surface area contributed by atoms with Crippen molar-refractivity contribution in [3.8, 4) is 11.1 Å². The number of alkyl halides is 2. The minimum absolute atomic E-state index is 0.0302. The van der Waals surface area contributed by atoms with Crippen molar-refractivity contribution < 1.29 is 18.4 Å². The summed E-state index contributed by atoms with van der Waals surface area (Å²) in [4.78, 5) is 29.4. The summed E-state index contributed by atoms with van der Waals surface area (Å²) < 4.78 is 30.3. The van der Waals surface area contributed by atoms with Gasteiger partial charge in [-0.05, 0) is 25.5 Å². The van der Waals surface area contributed by atoms with Crippen LogP contribution < -0.4 is 11.1 Å². The number of rotatable bonds is 6. The van der Waals surface area contributed by atoms with Gasteiger partial charge in [0, 0.05) is 30.2 Å². The van der Waals surface area contributed by atoms with Gasteiger partial charge in [-0.3, -0.25) is 19.0 Å². The number of hydrogen-bond acceptors (Lipinski definition) is 6. The molecule has 4 heterocycles. The second kappa shape index (κ2) is 8.52.